The molecule has 1 heterocycles. The van der Waals surface area contributed by atoms with Crippen molar-refractivity contribution in [3.05, 3.63) is 59.7 Å². The molecule has 2 aromatic carbocycles. The summed E-state index contributed by atoms with van der Waals surface area (Å²) in [6, 6.07) is 11.2. The summed E-state index contributed by atoms with van der Waals surface area (Å²) in [6.45, 7) is 0. The van der Waals surface area contributed by atoms with Gasteiger partial charge in [0.15, 0.2) is 0 Å². The molecule has 3 amide bonds. The second-order valence-electron chi connectivity index (χ2n) is 8.31. The zero-order chi connectivity index (χ0) is 23.6. The first-order valence-corrected chi connectivity index (χ1v) is 10.9. The van der Waals surface area contributed by atoms with E-state index >= 15 is 0 Å². The summed E-state index contributed by atoms with van der Waals surface area (Å²) in [5.41, 5.74) is 0.926. The van der Waals surface area contributed by atoms with Crippen molar-refractivity contribution >= 4 is 29.0 Å². The molecule has 0 spiro atoms. The highest BCUT2D eigenvalue weighted by Gasteiger charge is 2.35. The van der Waals surface area contributed by atoms with E-state index in [1.807, 2.05) is 24.3 Å². The van der Waals surface area contributed by atoms with Crippen molar-refractivity contribution in [2.24, 2.45) is 10.9 Å². The third-order valence-electron chi connectivity index (χ3n) is 6.11. The number of carbonyl (C=O) groups excluding carboxylic acids is 2. The molecule has 1 unspecified atom stereocenters. The van der Waals surface area contributed by atoms with Crippen LogP contribution in [0.15, 0.2) is 53.5 Å². The van der Waals surface area contributed by atoms with Crippen LogP contribution in [0.25, 0.3) is 0 Å². The van der Waals surface area contributed by atoms with Crippen LogP contribution in [-0.2, 0) is 11.0 Å². The number of hydrogen-bond donors (Lipinski definition) is 2. The number of para-hydroxylation sites is 2. The summed E-state index contributed by atoms with van der Waals surface area (Å²) in [7, 11) is 1.60. The van der Waals surface area contributed by atoms with Gasteiger partial charge in [-0.1, -0.05) is 49.6 Å². The fraction of sp³-hybridized carbons (Fsp3) is 0.375. The Hall–Kier alpha value is -3.36. The SMILES string of the molecule is CN1C(=O)C(NC(=O)Nc2ccccc2C(F)(F)F)N=C(C2CCCCC2)c2ccccc21. The highest BCUT2D eigenvalue weighted by molar-refractivity contribution is 6.14. The minimum absolute atomic E-state index is 0.150. The van der Waals surface area contributed by atoms with E-state index < -0.39 is 35.5 Å². The average molecular weight is 458 g/mol. The molecule has 0 radical (unpaired) electrons. The average Bonchev–Trinajstić information content (AvgIpc) is 2.90. The highest BCUT2D eigenvalue weighted by Crippen LogP contribution is 2.35. The Morgan fingerprint density at radius 1 is 1.03 bits per heavy atom. The minimum atomic E-state index is -4.63. The molecular weight excluding hydrogens is 433 g/mol. The van der Waals surface area contributed by atoms with Gasteiger partial charge >= 0.3 is 12.2 Å². The number of alkyl halides is 3. The van der Waals surface area contributed by atoms with Crippen molar-refractivity contribution in [3.8, 4) is 0 Å². The molecule has 0 saturated heterocycles. The van der Waals surface area contributed by atoms with Gasteiger partial charge in [0.1, 0.15) is 0 Å². The number of amides is 3. The normalized spacial score (nSPS) is 19.4. The highest BCUT2D eigenvalue weighted by atomic mass is 19.4. The Labute approximate surface area is 189 Å². The summed E-state index contributed by atoms with van der Waals surface area (Å²) >= 11 is 0. The number of hydrogen-bond acceptors (Lipinski definition) is 3. The van der Waals surface area contributed by atoms with Gasteiger partial charge in [-0.2, -0.15) is 13.2 Å². The molecule has 1 aliphatic heterocycles. The Kier molecular flexibility index (Phi) is 6.40. The lowest BCUT2D eigenvalue weighted by molar-refractivity contribution is -0.137. The second-order valence-corrected chi connectivity index (χ2v) is 8.31. The molecule has 1 atom stereocenters. The first kappa shape index (κ1) is 22.8. The fourth-order valence-corrected chi connectivity index (χ4v) is 4.47. The van der Waals surface area contributed by atoms with Gasteiger partial charge in [-0.05, 0) is 31.0 Å². The molecule has 2 aromatic rings. The van der Waals surface area contributed by atoms with E-state index in [9.17, 15) is 22.8 Å². The van der Waals surface area contributed by atoms with Gasteiger partial charge in [0.2, 0.25) is 6.17 Å². The van der Waals surface area contributed by atoms with Crippen LogP contribution in [0.5, 0.6) is 0 Å². The molecule has 174 valence electrons. The van der Waals surface area contributed by atoms with Crippen molar-refractivity contribution in [1.82, 2.24) is 5.32 Å². The van der Waals surface area contributed by atoms with Crippen molar-refractivity contribution in [3.63, 3.8) is 0 Å². The summed E-state index contributed by atoms with van der Waals surface area (Å²) in [4.78, 5) is 31.9. The van der Waals surface area contributed by atoms with Crippen LogP contribution in [0.2, 0.25) is 0 Å². The number of likely N-dealkylation sites (N-methyl/N-ethyl adjacent to an activating group) is 1. The number of rotatable bonds is 3. The topological polar surface area (TPSA) is 73.8 Å². The quantitative estimate of drug-likeness (QED) is 0.664. The van der Waals surface area contributed by atoms with Gasteiger partial charge in [-0.15, -0.1) is 0 Å². The zero-order valence-corrected chi connectivity index (χ0v) is 18.2. The lowest BCUT2D eigenvalue weighted by Gasteiger charge is -2.25. The summed E-state index contributed by atoms with van der Waals surface area (Å²) in [5, 5.41) is 4.70. The van der Waals surface area contributed by atoms with Crippen LogP contribution in [0.1, 0.15) is 43.2 Å². The van der Waals surface area contributed by atoms with Crippen LogP contribution in [0.4, 0.5) is 29.3 Å². The smallest absolute Gasteiger partial charge is 0.311 e. The van der Waals surface area contributed by atoms with Gasteiger partial charge in [0.25, 0.3) is 5.91 Å². The van der Waals surface area contributed by atoms with Crippen molar-refractivity contribution in [1.29, 1.82) is 0 Å². The Morgan fingerprint density at radius 3 is 2.42 bits per heavy atom. The predicted octanol–water partition coefficient (Wildman–Crippen LogP) is 5.20. The molecule has 2 aliphatic rings. The molecule has 6 nitrogen and oxygen atoms in total. The zero-order valence-electron chi connectivity index (χ0n) is 18.2. The molecule has 1 aliphatic carbocycles. The minimum Gasteiger partial charge on any atom is -0.311 e. The number of aliphatic imine (C=N–C) groups is 1. The van der Waals surface area contributed by atoms with E-state index in [2.05, 4.69) is 15.6 Å². The standard InChI is InChI=1S/C24H25F3N4O2/c1-31-19-14-8-5-11-16(19)20(15-9-3-2-4-10-15)29-21(22(31)32)30-23(33)28-18-13-7-6-12-17(18)24(25,26)27/h5-8,11-15,21H,2-4,9-10H2,1H3,(H2,28,30,33). The second kappa shape index (κ2) is 9.25. The number of benzodiazepines with no additional fused rings is 1. The van der Waals surface area contributed by atoms with Crippen molar-refractivity contribution < 1.29 is 22.8 Å². The third kappa shape index (κ3) is 4.86. The molecule has 1 saturated carbocycles. The van der Waals surface area contributed by atoms with Crippen molar-refractivity contribution in [2.75, 3.05) is 17.3 Å². The van der Waals surface area contributed by atoms with Gasteiger partial charge in [0, 0.05) is 18.5 Å². The number of urea groups is 1. The van der Waals surface area contributed by atoms with E-state index in [1.54, 1.807) is 7.05 Å². The molecule has 2 N–H and O–H groups in total. The van der Waals surface area contributed by atoms with E-state index in [1.165, 1.54) is 17.0 Å². The van der Waals surface area contributed by atoms with Crippen LogP contribution < -0.4 is 15.5 Å². The van der Waals surface area contributed by atoms with Gasteiger partial charge in [0.05, 0.1) is 22.6 Å². The number of halogens is 3. The van der Waals surface area contributed by atoms with Crippen LogP contribution in [0.3, 0.4) is 0 Å². The summed E-state index contributed by atoms with van der Waals surface area (Å²) in [6.07, 6.45) is -0.753. The molecule has 0 bridgehead atoms. The van der Waals surface area contributed by atoms with E-state index in [0.717, 1.165) is 55.5 Å². The van der Waals surface area contributed by atoms with Crippen LogP contribution in [0, 0.1) is 5.92 Å². The number of nitrogens with zero attached hydrogens (tertiary/aromatic N) is 2. The maximum absolute atomic E-state index is 13.3. The lowest BCUT2D eigenvalue weighted by atomic mass is 9.83. The number of fused-ring (bicyclic) bond motifs is 1. The predicted molar refractivity (Wildman–Crippen MR) is 120 cm³/mol. The summed E-state index contributed by atoms with van der Waals surface area (Å²) < 4.78 is 39.8. The Morgan fingerprint density at radius 2 is 1.70 bits per heavy atom. The van der Waals surface area contributed by atoms with E-state index in [-0.39, 0.29) is 5.92 Å². The number of benzene rings is 2. The summed E-state index contributed by atoms with van der Waals surface area (Å²) in [5.74, 6) is -0.315. The maximum Gasteiger partial charge on any atom is 0.418 e. The molecule has 9 heteroatoms. The fourth-order valence-electron chi connectivity index (χ4n) is 4.47. The molecular formula is C24H25F3N4O2. The number of carbonyl (C=O) groups is 2. The maximum atomic E-state index is 13.3. The number of nitrogens with one attached hydrogen (secondary N) is 2. The van der Waals surface area contributed by atoms with E-state index in [0.29, 0.717) is 5.69 Å². The third-order valence-corrected chi connectivity index (χ3v) is 6.11. The Bertz CT molecular complexity index is 1080. The molecule has 1 fully saturated rings. The van der Waals surface area contributed by atoms with E-state index in [4.69, 9.17) is 0 Å². The Balaban J connectivity index is 1.63. The first-order valence-electron chi connectivity index (χ1n) is 10.9. The van der Waals surface area contributed by atoms with Crippen LogP contribution >= 0.6 is 0 Å². The largest absolute Gasteiger partial charge is 0.418 e. The first-order chi connectivity index (χ1) is 15.8. The number of anilines is 2. The lowest BCUT2D eigenvalue weighted by Crippen LogP contribution is -2.47. The molecule has 0 aromatic heterocycles. The molecule has 4 rings (SSSR count). The van der Waals surface area contributed by atoms with Crippen LogP contribution in [-0.4, -0.2) is 30.9 Å². The van der Waals surface area contributed by atoms with Gasteiger partial charge in [-0.25, -0.2) is 4.79 Å². The van der Waals surface area contributed by atoms with Crippen molar-refractivity contribution in [2.45, 2.75) is 44.4 Å². The van der Waals surface area contributed by atoms with Gasteiger partial charge < -0.3 is 15.5 Å². The monoisotopic (exact) mass is 458 g/mol. The van der Waals surface area contributed by atoms with Gasteiger partial charge in [-0.3, -0.25) is 9.79 Å². The molecule has 33 heavy (non-hydrogen) atoms.